The fourth-order valence-electron chi connectivity index (χ4n) is 2.80. The molecule has 0 aliphatic rings. The minimum Gasteiger partial charge on any atom is -0.353 e. The molecule has 0 aliphatic heterocycles. The van der Waals surface area contributed by atoms with E-state index < -0.39 is 0 Å². The molecular formula is C20H20ClN3O. The van der Waals surface area contributed by atoms with Crippen LogP contribution in [0.3, 0.4) is 0 Å². The van der Waals surface area contributed by atoms with E-state index in [1.165, 1.54) is 11.6 Å². The molecule has 0 saturated carbocycles. The summed E-state index contributed by atoms with van der Waals surface area (Å²) in [4.78, 5) is 16.0. The van der Waals surface area contributed by atoms with Crippen LogP contribution in [0.1, 0.15) is 17.8 Å². The Morgan fingerprint density at radius 2 is 1.96 bits per heavy atom. The van der Waals surface area contributed by atoms with Gasteiger partial charge in [-0.05, 0) is 42.3 Å². The minimum absolute atomic E-state index is 0.144. The average Bonchev–Trinajstić information content (AvgIpc) is 2.98. The molecule has 1 N–H and O–H groups in total. The van der Waals surface area contributed by atoms with E-state index in [1.54, 1.807) is 0 Å². The molecule has 1 heterocycles. The van der Waals surface area contributed by atoms with Crippen LogP contribution in [-0.2, 0) is 17.8 Å². The zero-order valence-corrected chi connectivity index (χ0v) is 14.7. The molecule has 1 amide bonds. The lowest BCUT2D eigenvalue weighted by Gasteiger charge is -2.10. The van der Waals surface area contributed by atoms with Crippen molar-refractivity contribution < 1.29 is 4.79 Å². The lowest BCUT2D eigenvalue weighted by Crippen LogP contribution is -2.22. The van der Waals surface area contributed by atoms with Gasteiger partial charge in [0.05, 0.1) is 11.0 Å². The maximum absolute atomic E-state index is 11.2. The number of benzene rings is 2. The van der Waals surface area contributed by atoms with E-state index in [1.807, 2.05) is 42.5 Å². The summed E-state index contributed by atoms with van der Waals surface area (Å²) in [6.45, 7) is 4.80. The predicted octanol–water partition coefficient (Wildman–Crippen LogP) is 3.97. The number of aromatic nitrogens is 2. The first-order valence-corrected chi connectivity index (χ1v) is 8.64. The van der Waals surface area contributed by atoms with E-state index in [0.717, 1.165) is 41.3 Å². The number of para-hydroxylation sites is 2. The summed E-state index contributed by atoms with van der Waals surface area (Å²) in [5.41, 5.74) is 3.28. The first-order chi connectivity index (χ1) is 12.2. The van der Waals surface area contributed by atoms with Gasteiger partial charge >= 0.3 is 0 Å². The Bertz CT molecular complexity index is 884. The van der Waals surface area contributed by atoms with Gasteiger partial charge in [-0.2, -0.15) is 0 Å². The van der Waals surface area contributed by atoms with E-state index >= 15 is 0 Å². The highest BCUT2D eigenvalue weighted by atomic mass is 35.5. The van der Waals surface area contributed by atoms with Gasteiger partial charge < -0.3 is 9.88 Å². The Morgan fingerprint density at radius 3 is 2.72 bits per heavy atom. The van der Waals surface area contributed by atoms with Crippen molar-refractivity contribution in [2.45, 2.75) is 19.4 Å². The quantitative estimate of drug-likeness (QED) is 0.516. The van der Waals surface area contributed by atoms with Crippen molar-refractivity contribution in [1.82, 2.24) is 14.9 Å². The van der Waals surface area contributed by atoms with Gasteiger partial charge in [-0.3, -0.25) is 4.79 Å². The molecule has 4 nitrogen and oxygen atoms in total. The molecule has 0 radical (unpaired) electrons. The van der Waals surface area contributed by atoms with Crippen LogP contribution < -0.4 is 5.32 Å². The maximum atomic E-state index is 11.2. The molecule has 0 fully saturated rings. The van der Waals surface area contributed by atoms with Crippen LogP contribution in [0.15, 0.2) is 61.2 Å². The summed E-state index contributed by atoms with van der Waals surface area (Å²) >= 11 is 5.98. The first-order valence-electron chi connectivity index (χ1n) is 8.26. The van der Waals surface area contributed by atoms with Gasteiger partial charge in [0.2, 0.25) is 5.91 Å². The second-order valence-corrected chi connectivity index (χ2v) is 6.26. The van der Waals surface area contributed by atoms with Gasteiger partial charge in [0.1, 0.15) is 5.82 Å². The van der Waals surface area contributed by atoms with Crippen LogP contribution in [0.4, 0.5) is 0 Å². The van der Waals surface area contributed by atoms with Crippen molar-refractivity contribution in [2.24, 2.45) is 0 Å². The molecule has 0 unspecified atom stereocenters. The largest absolute Gasteiger partial charge is 0.353 e. The van der Waals surface area contributed by atoms with Gasteiger partial charge in [0.15, 0.2) is 0 Å². The highest BCUT2D eigenvalue weighted by Crippen LogP contribution is 2.20. The Hall–Kier alpha value is -2.59. The summed E-state index contributed by atoms with van der Waals surface area (Å²) in [5, 5.41) is 3.54. The monoisotopic (exact) mass is 353 g/mol. The summed E-state index contributed by atoms with van der Waals surface area (Å²) in [6.07, 6.45) is 2.90. The molecular weight excluding hydrogens is 334 g/mol. The number of rotatable bonds is 7. The third kappa shape index (κ3) is 4.28. The number of imidazole rings is 1. The number of carbonyl (C=O) groups is 1. The van der Waals surface area contributed by atoms with Crippen LogP contribution >= 0.6 is 11.6 Å². The molecule has 0 bridgehead atoms. The number of hydrogen-bond acceptors (Lipinski definition) is 2. The molecule has 2 aromatic carbocycles. The fourth-order valence-corrected chi connectivity index (χ4v) is 2.92. The number of nitrogens with zero attached hydrogens (tertiary/aromatic N) is 2. The van der Waals surface area contributed by atoms with Crippen molar-refractivity contribution in [1.29, 1.82) is 0 Å². The number of halogens is 1. The van der Waals surface area contributed by atoms with Gasteiger partial charge in [-0.15, -0.1) is 0 Å². The number of aryl methyl sites for hydroxylation is 1. The Labute approximate surface area is 152 Å². The predicted molar refractivity (Wildman–Crippen MR) is 102 cm³/mol. The van der Waals surface area contributed by atoms with E-state index in [-0.39, 0.29) is 5.91 Å². The van der Waals surface area contributed by atoms with Crippen LogP contribution in [0.2, 0.25) is 5.02 Å². The van der Waals surface area contributed by atoms with Gasteiger partial charge in [-0.1, -0.05) is 42.4 Å². The lowest BCUT2D eigenvalue weighted by atomic mass is 10.2. The number of nitrogens with one attached hydrogen (secondary N) is 1. The second-order valence-electron chi connectivity index (χ2n) is 5.83. The van der Waals surface area contributed by atoms with E-state index in [9.17, 15) is 4.79 Å². The lowest BCUT2D eigenvalue weighted by molar-refractivity contribution is -0.116. The normalized spacial score (nSPS) is 10.8. The number of hydrogen-bond donors (Lipinski definition) is 1. The topological polar surface area (TPSA) is 46.9 Å². The molecule has 0 aliphatic carbocycles. The molecule has 128 valence electrons. The molecule has 0 spiro atoms. The van der Waals surface area contributed by atoms with Crippen molar-refractivity contribution >= 4 is 28.5 Å². The second kappa shape index (κ2) is 7.99. The molecule has 0 saturated heterocycles. The molecule has 25 heavy (non-hydrogen) atoms. The van der Waals surface area contributed by atoms with Gasteiger partial charge in [0.25, 0.3) is 0 Å². The maximum Gasteiger partial charge on any atom is 0.243 e. The average molecular weight is 354 g/mol. The van der Waals surface area contributed by atoms with Crippen LogP contribution in [-0.4, -0.2) is 22.0 Å². The minimum atomic E-state index is -0.144. The van der Waals surface area contributed by atoms with Crippen molar-refractivity contribution in [2.75, 3.05) is 6.54 Å². The number of fused-ring (bicyclic) bond motifs is 1. The fraction of sp³-hybridized carbons (Fsp3) is 0.200. The SMILES string of the molecule is C=CC(=O)NCCCc1nc2ccccc2n1Cc1ccc(Cl)cc1. The molecule has 3 rings (SSSR count). The van der Waals surface area contributed by atoms with Gasteiger partial charge in [-0.25, -0.2) is 4.98 Å². The summed E-state index contributed by atoms with van der Waals surface area (Å²) in [7, 11) is 0. The van der Waals surface area contributed by atoms with Crippen molar-refractivity contribution in [3.05, 3.63) is 77.6 Å². The Balaban J connectivity index is 1.80. The van der Waals surface area contributed by atoms with E-state index in [4.69, 9.17) is 16.6 Å². The van der Waals surface area contributed by atoms with Crippen LogP contribution in [0.5, 0.6) is 0 Å². The van der Waals surface area contributed by atoms with Crippen LogP contribution in [0, 0.1) is 0 Å². The van der Waals surface area contributed by atoms with E-state index in [2.05, 4.69) is 22.5 Å². The summed E-state index contributed by atoms with van der Waals surface area (Å²) in [5.74, 6) is 0.874. The number of carbonyl (C=O) groups excluding carboxylic acids is 1. The highest BCUT2D eigenvalue weighted by molar-refractivity contribution is 6.30. The third-order valence-corrected chi connectivity index (χ3v) is 4.30. The molecule has 1 aromatic heterocycles. The zero-order valence-electron chi connectivity index (χ0n) is 13.9. The Kier molecular flexibility index (Phi) is 5.51. The standard InChI is InChI=1S/C20H20ClN3O/c1-2-20(25)22-13-5-8-19-23-17-6-3-4-7-18(17)24(19)14-15-9-11-16(21)12-10-15/h2-4,6-7,9-12H,1,5,8,13-14H2,(H,22,25). The summed E-state index contributed by atoms with van der Waals surface area (Å²) in [6, 6.07) is 16.0. The van der Waals surface area contributed by atoms with Crippen molar-refractivity contribution in [3.8, 4) is 0 Å². The zero-order chi connectivity index (χ0) is 17.6. The van der Waals surface area contributed by atoms with Gasteiger partial charge in [0, 0.05) is 24.5 Å². The first kappa shape index (κ1) is 17.2. The smallest absolute Gasteiger partial charge is 0.243 e. The Morgan fingerprint density at radius 1 is 1.20 bits per heavy atom. The van der Waals surface area contributed by atoms with E-state index in [0.29, 0.717) is 6.54 Å². The highest BCUT2D eigenvalue weighted by Gasteiger charge is 2.11. The molecule has 5 heteroatoms. The van der Waals surface area contributed by atoms with Crippen LogP contribution in [0.25, 0.3) is 11.0 Å². The molecule has 0 atom stereocenters. The van der Waals surface area contributed by atoms with Crippen molar-refractivity contribution in [3.63, 3.8) is 0 Å². The third-order valence-electron chi connectivity index (χ3n) is 4.05. The molecule has 3 aromatic rings. The number of amides is 1. The summed E-state index contributed by atoms with van der Waals surface area (Å²) < 4.78 is 2.23.